The zero-order valence-corrected chi connectivity index (χ0v) is 18.7. The fourth-order valence-electron chi connectivity index (χ4n) is 4.92. The van der Waals surface area contributed by atoms with Crippen molar-refractivity contribution in [3.63, 3.8) is 0 Å². The summed E-state index contributed by atoms with van der Waals surface area (Å²) in [6.45, 7) is 8.10. The Bertz CT molecular complexity index is 1100. The number of imidazole rings is 1. The van der Waals surface area contributed by atoms with Gasteiger partial charge in [0, 0.05) is 64.5 Å². The van der Waals surface area contributed by atoms with Crippen LogP contribution in [0.4, 0.5) is 0 Å². The molecule has 2 atom stereocenters. The van der Waals surface area contributed by atoms with Crippen LogP contribution in [0, 0.1) is 0 Å². The number of rotatable bonds is 7. The summed E-state index contributed by atoms with van der Waals surface area (Å²) in [6.07, 6.45) is 8.78. The van der Waals surface area contributed by atoms with Gasteiger partial charge in [0.25, 0.3) is 0 Å². The number of aryl methyl sites for hydroxylation is 2. The Hall–Kier alpha value is -2.90. The standard InChI is InChI=1S/C25H32N6O/c1-18(26-12-23(32)16-30-10-9-19-5-3-4-6-20(19)14-30)24-17-31-15-21(7-8-25(31)28-24)22-11-27-29(2)13-22/h3-6,11,13,17,21,23,26,32H,1,7-10,12,14-16H2,2H3/t21-,23+/m1/s1. The fourth-order valence-corrected chi connectivity index (χ4v) is 4.92. The molecule has 0 saturated carbocycles. The van der Waals surface area contributed by atoms with Crippen molar-refractivity contribution in [2.75, 3.05) is 19.6 Å². The lowest BCUT2D eigenvalue weighted by atomic mass is 9.94. The first-order valence-corrected chi connectivity index (χ1v) is 11.5. The number of aliphatic hydroxyl groups is 1. The summed E-state index contributed by atoms with van der Waals surface area (Å²) in [4.78, 5) is 7.12. The van der Waals surface area contributed by atoms with Gasteiger partial charge in [-0.15, -0.1) is 0 Å². The monoisotopic (exact) mass is 432 g/mol. The minimum absolute atomic E-state index is 0.454. The normalized spacial score (nSPS) is 19.2. The highest BCUT2D eigenvalue weighted by atomic mass is 16.3. The Labute approximate surface area is 189 Å². The number of aromatic nitrogens is 4. The maximum atomic E-state index is 10.6. The Morgan fingerprint density at radius 3 is 2.91 bits per heavy atom. The van der Waals surface area contributed by atoms with Gasteiger partial charge in [-0.3, -0.25) is 9.58 Å². The minimum atomic E-state index is -0.454. The lowest BCUT2D eigenvalue weighted by Gasteiger charge is -2.30. The highest BCUT2D eigenvalue weighted by molar-refractivity contribution is 5.57. The molecule has 7 heteroatoms. The third kappa shape index (κ3) is 4.49. The summed E-state index contributed by atoms with van der Waals surface area (Å²) in [5, 5.41) is 18.2. The molecule has 7 nitrogen and oxygen atoms in total. The molecule has 2 aliphatic heterocycles. The van der Waals surface area contributed by atoms with Crippen LogP contribution in [-0.4, -0.2) is 55.1 Å². The largest absolute Gasteiger partial charge is 0.390 e. The minimum Gasteiger partial charge on any atom is -0.390 e. The molecule has 2 N–H and O–H groups in total. The van der Waals surface area contributed by atoms with Crippen molar-refractivity contribution < 1.29 is 5.11 Å². The maximum Gasteiger partial charge on any atom is 0.109 e. The number of nitrogens with one attached hydrogen (secondary N) is 1. The van der Waals surface area contributed by atoms with E-state index in [1.165, 1.54) is 16.7 Å². The molecule has 0 unspecified atom stereocenters. The van der Waals surface area contributed by atoms with Gasteiger partial charge < -0.3 is 15.0 Å². The zero-order chi connectivity index (χ0) is 22.1. The molecule has 0 aliphatic carbocycles. The average molecular weight is 433 g/mol. The Morgan fingerprint density at radius 2 is 2.09 bits per heavy atom. The van der Waals surface area contributed by atoms with Crippen molar-refractivity contribution in [2.24, 2.45) is 7.05 Å². The van der Waals surface area contributed by atoms with Crippen molar-refractivity contribution in [3.05, 3.63) is 77.6 Å². The van der Waals surface area contributed by atoms with E-state index in [1.54, 1.807) is 0 Å². The van der Waals surface area contributed by atoms with Crippen LogP contribution in [0.2, 0.25) is 0 Å². The van der Waals surface area contributed by atoms with Crippen LogP contribution in [0.1, 0.15) is 40.5 Å². The van der Waals surface area contributed by atoms with Crippen molar-refractivity contribution in [3.8, 4) is 0 Å². The van der Waals surface area contributed by atoms with Gasteiger partial charge in [-0.25, -0.2) is 4.98 Å². The van der Waals surface area contributed by atoms with E-state index in [-0.39, 0.29) is 0 Å². The zero-order valence-electron chi connectivity index (χ0n) is 18.7. The second-order valence-corrected chi connectivity index (χ2v) is 9.14. The van der Waals surface area contributed by atoms with E-state index < -0.39 is 6.10 Å². The van der Waals surface area contributed by atoms with Crippen LogP contribution >= 0.6 is 0 Å². The summed E-state index contributed by atoms with van der Waals surface area (Å²) in [6, 6.07) is 8.59. The molecule has 0 saturated heterocycles. The van der Waals surface area contributed by atoms with Gasteiger partial charge in [-0.2, -0.15) is 5.10 Å². The molecule has 5 rings (SSSR count). The molecule has 32 heavy (non-hydrogen) atoms. The molecule has 0 spiro atoms. The maximum absolute atomic E-state index is 10.6. The molecule has 1 aromatic carbocycles. The first-order valence-electron chi connectivity index (χ1n) is 11.5. The van der Waals surface area contributed by atoms with Gasteiger partial charge in [0.05, 0.1) is 18.0 Å². The number of nitrogens with zero attached hydrogens (tertiary/aromatic N) is 5. The van der Waals surface area contributed by atoms with Gasteiger partial charge in [0.1, 0.15) is 11.5 Å². The third-order valence-corrected chi connectivity index (χ3v) is 6.73. The van der Waals surface area contributed by atoms with Crippen molar-refractivity contribution in [1.29, 1.82) is 0 Å². The smallest absolute Gasteiger partial charge is 0.109 e. The number of aliphatic hydroxyl groups excluding tert-OH is 1. The van der Waals surface area contributed by atoms with Crippen molar-refractivity contribution in [2.45, 2.75) is 44.4 Å². The molecular formula is C25H32N6O. The number of benzene rings is 1. The van der Waals surface area contributed by atoms with Crippen molar-refractivity contribution in [1.82, 2.24) is 29.5 Å². The summed E-state index contributed by atoms with van der Waals surface area (Å²) in [5.41, 5.74) is 5.73. The predicted octanol–water partition coefficient (Wildman–Crippen LogP) is 2.33. The first kappa shape index (κ1) is 21.0. The van der Waals surface area contributed by atoms with E-state index in [0.717, 1.165) is 56.1 Å². The number of hydrogen-bond donors (Lipinski definition) is 2. The number of hydrogen-bond acceptors (Lipinski definition) is 5. The molecule has 168 valence electrons. The predicted molar refractivity (Wildman–Crippen MR) is 125 cm³/mol. The molecule has 0 radical (unpaired) electrons. The van der Waals surface area contributed by atoms with Crippen LogP contribution in [0.15, 0.2) is 49.4 Å². The van der Waals surface area contributed by atoms with E-state index in [0.29, 0.717) is 19.0 Å². The van der Waals surface area contributed by atoms with E-state index in [1.807, 2.05) is 17.9 Å². The Morgan fingerprint density at radius 1 is 1.25 bits per heavy atom. The molecule has 3 aromatic rings. The Balaban J connectivity index is 1.13. The van der Waals surface area contributed by atoms with Crippen LogP contribution in [-0.2, 0) is 33.0 Å². The first-order chi connectivity index (χ1) is 15.5. The van der Waals surface area contributed by atoms with Gasteiger partial charge in [-0.05, 0) is 29.5 Å². The topological polar surface area (TPSA) is 71.1 Å². The van der Waals surface area contributed by atoms with Crippen molar-refractivity contribution >= 4 is 5.70 Å². The quantitative estimate of drug-likeness (QED) is 0.600. The lowest BCUT2D eigenvalue weighted by molar-refractivity contribution is 0.107. The average Bonchev–Trinajstić information content (AvgIpc) is 3.43. The summed E-state index contributed by atoms with van der Waals surface area (Å²) >= 11 is 0. The molecule has 2 aromatic heterocycles. The van der Waals surface area contributed by atoms with Crippen LogP contribution in [0.5, 0.6) is 0 Å². The lowest BCUT2D eigenvalue weighted by Crippen LogP contribution is -2.40. The van der Waals surface area contributed by atoms with Gasteiger partial charge in [0.15, 0.2) is 0 Å². The number of fused-ring (bicyclic) bond motifs is 2. The van der Waals surface area contributed by atoms with E-state index in [9.17, 15) is 5.11 Å². The summed E-state index contributed by atoms with van der Waals surface area (Å²) in [7, 11) is 1.96. The summed E-state index contributed by atoms with van der Waals surface area (Å²) < 4.78 is 4.11. The molecule has 0 fully saturated rings. The highest BCUT2D eigenvalue weighted by Gasteiger charge is 2.23. The second-order valence-electron chi connectivity index (χ2n) is 9.14. The summed E-state index contributed by atoms with van der Waals surface area (Å²) in [5.74, 6) is 1.58. The van der Waals surface area contributed by atoms with E-state index >= 15 is 0 Å². The van der Waals surface area contributed by atoms with Crippen LogP contribution < -0.4 is 5.32 Å². The van der Waals surface area contributed by atoms with Gasteiger partial charge in [-0.1, -0.05) is 30.8 Å². The third-order valence-electron chi connectivity index (χ3n) is 6.73. The second kappa shape index (κ2) is 8.92. The SMILES string of the molecule is C=C(NC[C@H](O)CN1CCc2ccccc2C1)c1cn2c(n1)CC[C@@H](c1cnn(C)c1)C2. The van der Waals surface area contributed by atoms with Crippen LogP contribution in [0.25, 0.3) is 5.70 Å². The fraction of sp³-hybridized carbons (Fsp3) is 0.440. The number of β-amino-alcohol motifs (C(OH)–C–C–N with tert-alkyl or cyclic N) is 1. The Kier molecular flexibility index (Phi) is 5.85. The highest BCUT2D eigenvalue weighted by Crippen LogP contribution is 2.29. The van der Waals surface area contributed by atoms with E-state index in [2.05, 4.69) is 63.1 Å². The molecule has 0 amide bonds. The van der Waals surface area contributed by atoms with Crippen LogP contribution in [0.3, 0.4) is 0 Å². The van der Waals surface area contributed by atoms with Gasteiger partial charge >= 0.3 is 0 Å². The molecule has 4 heterocycles. The van der Waals surface area contributed by atoms with E-state index in [4.69, 9.17) is 4.98 Å². The van der Waals surface area contributed by atoms with Gasteiger partial charge in [0.2, 0.25) is 0 Å². The molecule has 0 bridgehead atoms. The molecular weight excluding hydrogens is 400 g/mol. The molecule has 2 aliphatic rings.